The minimum atomic E-state index is 0.813. The van der Waals surface area contributed by atoms with Crippen molar-refractivity contribution in [1.29, 1.82) is 0 Å². The van der Waals surface area contributed by atoms with Crippen molar-refractivity contribution in [1.82, 2.24) is 14.7 Å². The molecule has 21 heavy (non-hydrogen) atoms. The number of aromatic nitrogens is 2. The van der Waals surface area contributed by atoms with Crippen LogP contribution < -0.4 is 4.90 Å². The molecular formula is C16H23BrN4. The van der Waals surface area contributed by atoms with E-state index in [9.17, 15) is 0 Å². The summed E-state index contributed by atoms with van der Waals surface area (Å²) >= 11 is 3.60. The highest BCUT2D eigenvalue weighted by molar-refractivity contribution is 9.08. The van der Waals surface area contributed by atoms with Crippen molar-refractivity contribution in [3.05, 3.63) is 41.6 Å². The van der Waals surface area contributed by atoms with Crippen LogP contribution >= 0.6 is 15.9 Å². The van der Waals surface area contributed by atoms with Crippen molar-refractivity contribution in [2.24, 2.45) is 0 Å². The van der Waals surface area contributed by atoms with Crippen molar-refractivity contribution in [2.75, 3.05) is 39.1 Å². The van der Waals surface area contributed by atoms with Crippen molar-refractivity contribution in [3.63, 3.8) is 0 Å². The van der Waals surface area contributed by atoms with E-state index in [2.05, 4.69) is 65.9 Å². The fraction of sp³-hybridized carbons (Fsp3) is 0.438. The molecule has 0 aliphatic heterocycles. The summed E-state index contributed by atoms with van der Waals surface area (Å²) in [5, 5.41) is 5.54. The number of halogens is 1. The predicted octanol–water partition coefficient (Wildman–Crippen LogP) is 3.07. The van der Waals surface area contributed by atoms with Gasteiger partial charge in [0.25, 0.3) is 0 Å². The van der Waals surface area contributed by atoms with Crippen molar-refractivity contribution >= 4 is 21.7 Å². The molecule has 0 fully saturated rings. The van der Waals surface area contributed by atoms with E-state index in [1.165, 1.54) is 5.56 Å². The Hall–Kier alpha value is -1.33. The number of alkyl halides is 1. The van der Waals surface area contributed by atoms with Crippen molar-refractivity contribution in [3.8, 4) is 5.69 Å². The molecule has 1 heterocycles. The standard InChI is InChI=1S/C16H23BrN4/c1-13-15(12-17)16(20(4)11-10-19(2)3)21(18-13)14-8-6-5-7-9-14/h5-9H,10-12H2,1-4H3. The maximum absolute atomic E-state index is 4.73. The SMILES string of the molecule is Cc1nn(-c2ccccc2)c(N(C)CCN(C)C)c1CBr. The normalized spacial score (nSPS) is 11.1. The molecule has 0 radical (unpaired) electrons. The molecule has 1 aromatic carbocycles. The maximum Gasteiger partial charge on any atom is 0.136 e. The van der Waals surface area contributed by atoms with E-state index in [0.717, 1.165) is 35.6 Å². The zero-order valence-electron chi connectivity index (χ0n) is 13.2. The van der Waals surface area contributed by atoms with Gasteiger partial charge in [-0.3, -0.25) is 0 Å². The Morgan fingerprint density at radius 3 is 2.33 bits per heavy atom. The summed E-state index contributed by atoms with van der Waals surface area (Å²) in [5.74, 6) is 1.16. The van der Waals surface area contributed by atoms with Gasteiger partial charge in [-0.05, 0) is 33.2 Å². The van der Waals surface area contributed by atoms with E-state index >= 15 is 0 Å². The number of hydrogen-bond acceptors (Lipinski definition) is 3. The molecule has 0 amide bonds. The van der Waals surface area contributed by atoms with Crippen LogP contribution in [-0.2, 0) is 5.33 Å². The van der Waals surface area contributed by atoms with Gasteiger partial charge in [0.1, 0.15) is 5.82 Å². The summed E-state index contributed by atoms with van der Waals surface area (Å²) in [7, 11) is 6.32. The summed E-state index contributed by atoms with van der Waals surface area (Å²) < 4.78 is 2.04. The highest BCUT2D eigenvalue weighted by Gasteiger charge is 2.18. The summed E-state index contributed by atoms with van der Waals surface area (Å²) in [6.07, 6.45) is 0. The van der Waals surface area contributed by atoms with Crippen LogP contribution in [0.1, 0.15) is 11.3 Å². The second-order valence-corrected chi connectivity index (χ2v) is 6.05. The van der Waals surface area contributed by atoms with Gasteiger partial charge >= 0.3 is 0 Å². The van der Waals surface area contributed by atoms with Gasteiger partial charge < -0.3 is 9.80 Å². The second kappa shape index (κ2) is 7.09. The first-order valence-corrected chi connectivity index (χ1v) is 8.22. The van der Waals surface area contributed by atoms with Crippen LogP contribution in [0.4, 0.5) is 5.82 Å². The van der Waals surface area contributed by atoms with E-state index in [0.29, 0.717) is 0 Å². The van der Waals surface area contributed by atoms with Crippen molar-refractivity contribution < 1.29 is 0 Å². The number of rotatable bonds is 6. The molecule has 0 aliphatic carbocycles. The maximum atomic E-state index is 4.73. The van der Waals surface area contributed by atoms with Crippen molar-refractivity contribution in [2.45, 2.75) is 12.3 Å². The summed E-state index contributed by atoms with van der Waals surface area (Å²) in [4.78, 5) is 4.48. The Morgan fingerprint density at radius 1 is 1.10 bits per heavy atom. The van der Waals surface area contributed by atoms with Gasteiger partial charge in [-0.25, -0.2) is 4.68 Å². The number of para-hydroxylation sites is 1. The Bertz CT molecular complexity index is 577. The lowest BCUT2D eigenvalue weighted by Gasteiger charge is -2.23. The fourth-order valence-electron chi connectivity index (χ4n) is 2.30. The predicted molar refractivity (Wildman–Crippen MR) is 92.8 cm³/mol. The number of benzene rings is 1. The number of anilines is 1. The minimum absolute atomic E-state index is 0.813. The molecular weight excluding hydrogens is 328 g/mol. The van der Waals surface area contributed by atoms with Crippen LogP contribution in [0, 0.1) is 6.92 Å². The average Bonchev–Trinajstić information content (AvgIpc) is 2.82. The summed E-state index contributed by atoms with van der Waals surface area (Å²) in [6.45, 7) is 4.04. The van der Waals surface area contributed by atoms with Gasteiger partial charge in [0.2, 0.25) is 0 Å². The second-order valence-electron chi connectivity index (χ2n) is 5.49. The molecule has 0 spiro atoms. The molecule has 0 atom stereocenters. The molecule has 5 heteroatoms. The van der Waals surface area contributed by atoms with Gasteiger partial charge in [-0.15, -0.1) is 0 Å². The largest absolute Gasteiger partial charge is 0.358 e. The Morgan fingerprint density at radius 2 is 1.76 bits per heavy atom. The summed E-state index contributed by atoms with van der Waals surface area (Å²) in [5.41, 5.74) is 3.42. The van der Waals surface area contributed by atoms with E-state index in [4.69, 9.17) is 5.10 Å². The average molecular weight is 351 g/mol. The van der Waals surface area contributed by atoms with Gasteiger partial charge in [-0.2, -0.15) is 5.10 Å². The first kappa shape index (κ1) is 16.0. The number of aryl methyl sites for hydroxylation is 1. The van der Waals surface area contributed by atoms with Gasteiger partial charge in [0.05, 0.1) is 11.4 Å². The molecule has 2 aromatic rings. The van der Waals surface area contributed by atoms with Gasteiger partial charge in [0, 0.05) is 31.0 Å². The molecule has 114 valence electrons. The molecule has 0 bridgehead atoms. The number of likely N-dealkylation sites (N-methyl/N-ethyl adjacent to an activating group) is 2. The Labute approximate surface area is 135 Å². The zero-order valence-corrected chi connectivity index (χ0v) is 14.8. The molecule has 0 aliphatic rings. The molecule has 1 aromatic heterocycles. The fourth-order valence-corrected chi connectivity index (χ4v) is 2.96. The topological polar surface area (TPSA) is 24.3 Å². The monoisotopic (exact) mass is 350 g/mol. The lowest BCUT2D eigenvalue weighted by Crippen LogP contribution is -2.30. The quantitative estimate of drug-likeness (QED) is 0.748. The van der Waals surface area contributed by atoms with Crippen LogP contribution in [0.5, 0.6) is 0 Å². The Kier molecular flexibility index (Phi) is 5.42. The van der Waals surface area contributed by atoms with Gasteiger partial charge in [-0.1, -0.05) is 34.1 Å². The summed E-state index contributed by atoms with van der Waals surface area (Å²) in [6, 6.07) is 10.3. The smallest absolute Gasteiger partial charge is 0.136 e. The highest BCUT2D eigenvalue weighted by atomic mass is 79.9. The first-order valence-electron chi connectivity index (χ1n) is 7.10. The van der Waals surface area contributed by atoms with Crippen LogP contribution in [-0.4, -0.2) is 48.9 Å². The number of nitrogens with zero attached hydrogens (tertiary/aromatic N) is 4. The van der Waals surface area contributed by atoms with Crippen LogP contribution in [0.3, 0.4) is 0 Å². The van der Waals surface area contributed by atoms with Gasteiger partial charge in [0.15, 0.2) is 0 Å². The lowest BCUT2D eigenvalue weighted by atomic mass is 10.2. The third-order valence-electron chi connectivity index (χ3n) is 3.54. The highest BCUT2D eigenvalue weighted by Crippen LogP contribution is 2.28. The zero-order chi connectivity index (χ0) is 15.4. The molecule has 0 N–H and O–H groups in total. The molecule has 2 rings (SSSR count). The molecule has 0 saturated carbocycles. The first-order chi connectivity index (χ1) is 10.0. The van der Waals surface area contributed by atoms with Crippen LogP contribution in [0.2, 0.25) is 0 Å². The van der Waals surface area contributed by atoms with E-state index in [1.807, 2.05) is 22.9 Å². The molecule has 0 saturated heterocycles. The lowest BCUT2D eigenvalue weighted by molar-refractivity contribution is 0.415. The van der Waals surface area contributed by atoms with E-state index in [1.54, 1.807) is 0 Å². The number of hydrogen-bond donors (Lipinski definition) is 0. The molecule has 0 unspecified atom stereocenters. The van der Waals surface area contributed by atoms with Crippen LogP contribution in [0.15, 0.2) is 30.3 Å². The van der Waals surface area contributed by atoms with E-state index < -0.39 is 0 Å². The third kappa shape index (κ3) is 3.66. The van der Waals surface area contributed by atoms with E-state index in [-0.39, 0.29) is 0 Å². The van der Waals surface area contributed by atoms with Crippen LogP contribution in [0.25, 0.3) is 5.69 Å². The Balaban J connectivity index is 2.42. The third-order valence-corrected chi connectivity index (χ3v) is 4.10. The minimum Gasteiger partial charge on any atom is -0.358 e. The molecule has 4 nitrogen and oxygen atoms in total.